The number of aryl methyl sites for hydroxylation is 2. The highest BCUT2D eigenvalue weighted by molar-refractivity contribution is 5.58. The zero-order chi connectivity index (χ0) is 16.2. The third kappa shape index (κ3) is 3.57. The fraction of sp³-hybridized carbons (Fsp3) is 0.200. The van der Waals surface area contributed by atoms with Crippen LogP contribution in [0.25, 0.3) is 11.3 Å². The van der Waals surface area contributed by atoms with E-state index in [9.17, 15) is 4.79 Å². The summed E-state index contributed by atoms with van der Waals surface area (Å²) >= 11 is 0. The van der Waals surface area contributed by atoms with E-state index >= 15 is 0 Å². The maximum absolute atomic E-state index is 12.1. The molecule has 0 atom stereocenters. The molecule has 116 valence electrons. The number of rotatable bonds is 4. The topological polar surface area (TPSA) is 34.9 Å². The summed E-state index contributed by atoms with van der Waals surface area (Å²) in [5.41, 5.74) is 5.32. The number of hydrogen-bond acceptors (Lipinski definition) is 2. The van der Waals surface area contributed by atoms with Gasteiger partial charge in [0, 0.05) is 11.6 Å². The quantitative estimate of drug-likeness (QED) is 0.734. The number of benzene rings is 2. The Labute approximate surface area is 136 Å². The van der Waals surface area contributed by atoms with Crippen molar-refractivity contribution in [3.8, 4) is 11.3 Å². The summed E-state index contributed by atoms with van der Waals surface area (Å²) in [6.07, 6.45) is 1.01. The molecule has 0 radical (unpaired) electrons. The van der Waals surface area contributed by atoms with Crippen LogP contribution in [-0.4, -0.2) is 9.78 Å². The van der Waals surface area contributed by atoms with Crippen molar-refractivity contribution in [2.75, 3.05) is 0 Å². The molecule has 0 saturated heterocycles. The van der Waals surface area contributed by atoms with Crippen LogP contribution in [0, 0.1) is 6.92 Å². The van der Waals surface area contributed by atoms with Crippen LogP contribution in [0.1, 0.15) is 23.6 Å². The van der Waals surface area contributed by atoms with Crippen molar-refractivity contribution in [1.82, 2.24) is 9.78 Å². The fourth-order valence-electron chi connectivity index (χ4n) is 2.61. The van der Waals surface area contributed by atoms with Crippen LogP contribution in [0.4, 0.5) is 0 Å². The van der Waals surface area contributed by atoms with Crippen molar-refractivity contribution < 1.29 is 0 Å². The Kier molecular flexibility index (Phi) is 4.38. The van der Waals surface area contributed by atoms with Gasteiger partial charge in [-0.05, 0) is 30.5 Å². The van der Waals surface area contributed by atoms with Crippen LogP contribution in [0.15, 0.2) is 65.5 Å². The van der Waals surface area contributed by atoms with Crippen molar-refractivity contribution in [2.45, 2.75) is 26.8 Å². The van der Waals surface area contributed by atoms with Gasteiger partial charge in [0.2, 0.25) is 0 Å². The Morgan fingerprint density at radius 3 is 2.43 bits per heavy atom. The van der Waals surface area contributed by atoms with Gasteiger partial charge in [-0.25, -0.2) is 4.68 Å². The molecule has 1 aromatic heterocycles. The van der Waals surface area contributed by atoms with Crippen LogP contribution >= 0.6 is 0 Å². The average Bonchev–Trinajstić information content (AvgIpc) is 2.57. The fourth-order valence-corrected chi connectivity index (χ4v) is 2.61. The molecule has 0 N–H and O–H groups in total. The van der Waals surface area contributed by atoms with Gasteiger partial charge in [-0.1, -0.05) is 61.0 Å². The Morgan fingerprint density at radius 2 is 1.74 bits per heavy atom. The van der Waals surface area contributed by atoms with Crippen molar-refractivity contribution in [3.63, 3.8) is 0 Å². The highest BCUT2D eigenvalue weighted by Gasteiger charge is 2.05. The zero-order valence-electron chi connectivity index (χ0n) is 13.5. The third-order valence-corrected chi connectivity index (χ3v) is 3.94. The van der Waals surface area contributed by atoms with E-state index in [1.807, 2.05) is 25.1 Å². The smallest absolute Gasteiger partial charge is 0.267 e. The van der Waals surface area contributed by atoms with E-state index < -0.39 is 0 Å². The maximum atomic E-state index is 12.1. The molecule has 0 aliphatic rings. The minimum absolute atomic E-state index is 0.0829. The van der Waals surface area contributed by atoms with Crippen molar-refractivity contribution in [2.24, 2.45) is 0 Å². The van der Waals surface area contributed by atoms with E-state index in [4.69, 9.17) is 0 Å². The van der Waals surface area contributed by atoms with Crippen LogP contribution in [0.3, 0.4) is 0 Å². The minimum atomic E-state index is -0.0829. The summed E-state index contributed by atoms with van der Waals surface area (Å²) < 4.78 is 1.53. The minimum Gasteiger partial charge on any atom is -0.268 e. The Hall–Kier alpha value is -2.68. The third-order valence-electron chi connectivity index (χ3n) is 3.94. The first kappa shape index (κ1) is 15.2. The van der Waals surface area contributed by atoms with E-state index in [1.54, 1.807) is 12.1 Å². The lowest BCUT2D eigenvalue weighted by molar-refractivity contribution is 0.642. The van der Waals surface area contributed by atoms with Crippen LogP contribution in [0.5, 0.6) is 0 Å². The van der Waals surface area contributed by atoms with Crippen molar-refractivity contribution in [3.05, 3.63) is 87.7 Å². The molecule has 0 saturated carbocycles. The molecule has 3 heteroatoms. The molecule has 0 aliphatic carbocycles. The molecule has 3 rings (SSSR count). The molecule has 0 spiro atoms. The lowest BCUT2D eigenvalue weighted by Crippen LogP contribution is -2.22. The molecule has 0 unspecified atom stereocenters. The van der Waals surface area contributed by atoms with Gasteiger partial charge in [-0.15, -0.1) is 0 Å². The molecule has 0 fully saturated rings. The molecule has 3 aromatic rings. The average molecular weight is 304 g/mol. The summed E-state index contributed by atoms with van der Waals surface area (Å²) in [5.74, 6) is 0. The first-order chi connectivity index (χ1) is 11.2. The van der Waals surface area contributed by atoms with Crippen molar-refractivity contribution >= 4 is 0 Å². The Bertz CT molecular complexity index is 863. The van der Waals surface area contributed by atoms with E-state index in [1.165, 1.54) is 15.8 Å². The predicted molar refractivity (Wildman–Crippen MR) is 93.6 cm³/mol. The zero-order valence-corrected chi connectivity index (χ0v) is 13.5. The molecule has 0 aliphatic heterocycles. The molecular weight excluding hydrogens is 284 g/mol. The second-order valence-corrected chi connectivity index (χ2v) is 5.75. The van der Waals surface area contributed by atoms with Crippen LogP contribution < -0.4 is 5.56 Å². The van der Waals surface area contributed by atoms with Gasteiger partial charge in [0.25, 0.3) is 5.56 Å². The summed E-state index contributed by atoms with van der Waals surface area (Å²) in [4.78, 5) is 12.1. The summed E-state index contributed by atoms with van der Waals surface area (Å²) in [7, 11) is 0. The van der Waals surface area contributed by atoms with Gasteiger partial charge in [0.15, 0.2) is 0 Å². The second-order valence-electron chi connectivity index (χ2n) is 5.75. The monoisotopic (exact) mass is 304 g/mol. The SMILES string of the molecule is CCc1ccc(-c2ccc(=O)n(Cc3cccc(C)c3)n2)cc1. The second kappa shape index (κ2) is 6.61. The standard InChI is InChI=1S/C20H20N2O/c1-3-16-7-9-18(10-8-16)19-11-12-20(23)22(21-19)14-17-6-4-5-15(2)13-17/h4-13H,3,14H2,1-2H3. The first-order valence-electron chi connectivity index (χ1n) is 7.89. The van der Waals surface area contributed by atoms with Crippen molar-refractivity contribution in [1.29, 1.82) is 0 Å². The Morgan fingerprint density at radius 1 is 0.957 bits per heavy atom. The van der Waals surface area contributed by atoms with Gasteiger partial charge >= 0.3 is 0 Å². The summed E-state index contributed by atoms with van der Waals surface area (Å²) in [5, 5.41) is 4.53. The van der Waals surface area contributed by atoms with Crippen LogP contribution in [-0.2, 0) is 13.0 Å². The highest BCUT2D eigenvalue weighted by atomic mass is 16.1. The van der Waals surface area contributed by atoms with E-state index in [0.717, 1.165) is 23.2 Å². The van der Waals surface area contributed by atoms with Gasteiger partial charge in [0.1, 0.15) is 0 Å². The molecule has 2 aromatic carbocycles. The van der Waals surface area contributed by atoms with E-state index in [-0.39, 0.29) is 5.56 Å². The molecular formula is C20H20N2O. The lowest BCUT2D eigenvalue weighted by Gasteiger charge is -2.08. The van der Waals surface area contributed by atoms with Gasteiger partial charge in [-0.3, -0.25) is 4.79 Å². The predicted octanol–water partition coefficient (Wildman–Crippen LogP) is 3.83. The first-order valence-corrected chi connectivity index (χ1v) is 7.89. The lowest BCUT2D eigenvalue weighted by atomic mass is 10.1. The van der Waals surface area contributed by atoms with Gasteiger partial charge in [0.05, 0.1) is 12.2 Å². The number of nitrogens with zero attached hydrogens (tertiary/aromatic N) is 2. The Balaban J connectivity index is 1.93. The number of hydrogen-bond donors (Lipinski definition) is 0. The van der Waals surface area contributed by atoms with E-state index in [2.05, 4.69) is 42.4 Å². The van der Waals surface area contributed by atoms with Crippen LogP contribution in [0.2, 0.25) is 0 Å². The normalized spacial score (nSPS) is 10.7. The highest BCUT2D eigenvalue weighted by Crippen LogP contribution is 2.16. The molecule has 23 heavy (non-hydrogen) atoms. The summed E-state index contributed by atoms with van der Waals surface area (Å²) in [6, 6.07) is 19.8. The van der Waals surface area contributed by atoms with Gasteiger partial charge < -0.3 is 0 Å². The molecule has 0 bridgehead atoms. The van der Waals surface area contributed by atoms with E-state index in [0.29, 0.717) is 6.54 Å². The van der Waals surface area contributed by atoms with Gasteiger partial charge in [-0.2, -0.15) is 5.10 Å². The maximum Gasteiger partial charge on any atom is 0.267 e. The molecule has 1 heterocycles. The summed E-state index contributed by atoms with van der Waals surface area (Å²) in [6.45, 7) is 4.67. The largest absolute Gasteiger partial charge is 0.268 e. The molecule has 0 amide bonds. The number of aromatic nitrogens is 2. The molecule has 3 nitrogen and oxygen atoms in total.